The van der Waals surface area contributed by atoms with Gasteiger partial charge in [-0.2, -0.15) is 0 Å². The summed E-state index contributed by atoms with van der Waals surface area (Å²) in [5.74, 6) is 1.67. The van der Waals surface area contributed by atoms with Crippen molar-refractivity contribution in [2.24, 2.45) is 0 Å². The van der Waals surface area contributed by atoms with Crippen molar-refractivity contribution in [3.63, 3.8) is 0 Å². The molecule has 21 heavy (non-hydrogen) atoms. The summed E-state index contributed by atoms with van der Waals surface area (Å²) < 4.78 is 10.7. The number of rotatable bonds is 7. The second kappa shape index (κ2) is 7.38. The van der Waals surface area contributed by atoms with E-state index in [2.05, 4.69) is 10.3 Å². The Morgan fingerprint density at radius 3 is 2.95 bits per heavy atom. The Morgan fingerprint density at radius 2 is 2.29 bits per heavy atom. The Kier molecular flexibility index (Phi) is 5.52. The molecular weight excluding hydrogens is 288 g/mol. The summed E-state index contributed by atoms with van der Waals surface area (Å²) in [6.45, 7) is 7.05. The number of anilines is 1. The molecule has 0 aliphatic heterocycles. The van der Waals surface area contributed by atoms with Crippen molar-refractivity contribution < 1.29 is 13.9 Å². The summed E-state index contributed by atoms with van der Waals surface area (Å²) in [5.41, 5.74) is 1.81. The van der Waals surface area contributed by atoms with Crippen LogP contribution in [0.5, 0.6) is 0 Å². The number of thiazole rings is 1. The number of nitrogens with zero attached hydrogens (tertiary/aromatic N) is 1. The van der Waals surface area contributed by atoms with Crippen molar-refractivity contribution >= 4 is 22.4 Å². The second-order valence-electron chi connectivity index (χ2n) is 4.71. The number of carbonyl (C=O) groups excluding carboxylic acids is 1. The lowest BCUT2D eigenvalue weighted by Gasteiger charge is -2.02. The Balaban J connectivity index is 1.91. The summed E-state index contributed by atoms with van der Waals surface area (Å²) in [5, 5.41) is 5.36. The topological polar surface area (TPSA) is 64.4 Å². The molecule has 0 aromatic carbocycles. The van der Waals surface area contributed by atoms with Gasteiger partial charge >= 0.3 is 0 Å². The largest absolute Gasteiger partial charge is 0.466 e. The van der Waals surface area contributed by atoms with Crippen molar-refractivity contribution in [1.29, 1.82) is 0 Å². The lowest BCUT2D eigenvalue weighted by atomic mass is 10.2. The van der Waals surface area contributed by atoms with Crippen LogP contribution in [0.4, 0.5) is 5.13 Å². The summed E-state index contributed by atoms with van der Waals surface area (Å²) in [7, 11) is 0. The van der Waals surface area contributed by atoms with Crippen LogP contribution in [0.2, 0.25) is 0 Å². The normalized spacial score (nSPS) is 10.8. The predicted octanol–water partition coefficient (Wildman–Crippen LogP) is 3.78. The Labute approximate surface area is 128 Å². The smallest absolute Gasteiger partial charge is 0.226 e. The van der Waals surface area contributed by atoms with Gasteiger partial charge in [-0.25, -0.2) is 4.98 Å². The van der Waals surface area contributed by atoms with Crippen LogP contribution < -0.4 is 5.32 Å². The van der Waals surface area contributed by atoms with Crippen molar-refractivity contribution in [1.82, 2.24) is 4.98 Å². The minimum atomic E-state index is -0.0318. The maximum absolute atomic E-state index is 11.8. The molecule has 0 atom stereocenters. The van der Waals surface area contributed by atoms with E-state index in [0.29, 0.717) is 24.8 Å². The minimum absolute atomic E-state index is 0.0318. The van der Waals surface area contributed by atoms with Crippen LogP contribution in [0.1, 0.15) is 31.3 Å². The van der Waals surface area contributed by atoms with E-state index >= 15 is 0 Å². The number of amides is 1. The van der Waals surface area contributed by atoms with Crippen LogP contribution in [0.25, 0.3) is 11.3 Å². The van der Waals surface area contributed by atoms with Crippen molar-refractivity contribution in [2.75, 3.05) is 18.5 Å². The molecule has 1 N–H and O–H groups in total. The van der Waals surface area contributed by atoms with E-state index in [0.717, 1.165) is 29.2 Å². The minimum Gasteiger partial charge on any atom is -0.466 e. The summed E-state index contributed by atoms with van der Waals surface area (Å²) >= 11 is 1.42. The summed E-state index contributed by atoms with van der Waals surface area (Å²) in [4.78, 5) is 16.2. The van der Waals surface area contributed by atoms with Crippen LogP contribution in [0.15, 0.2) is 15.9 Å². The Bertz CT molecular complexity index is 604. The molecule has 0 saturated carbocycles. The highest BCUT2D eigenvalue weighted by Crippen LogP contribution is 2.29. The molecule has 5 nitrogen and oxygen atoms in total. The molecule has 0 spiro atoms. The van der Waals surface area contributed by atoms with E-state index in [1.165, 1.54) is 11.3 Å². The number of nitrogens with one attached hydrogen (secondary N) is 1. The molecule has 2 aromatic rings. The first-order valence-electron chi connectivity index (χ1n) is 7.00. The molecule has 1 amide bonds. The van der Waals surface area contributed by atoms with Crippen LogP contribution in [-0.2, 0) is 9.53 Å². The monoisotopic (exact) mass is 308 g/mol. The summed E-state index contributed by atoms with van der Waals surface area (Å²) in [6.07, 6.45) is 1.16. The number of aromatic nitrogens is 1. The third kappa shape index (κ3) is 4.41. The van der Waals surface area contributed by atoms with E-state index in [9.17, 15) is 4.79 Å². The number of carbonyl (C=O) groups is 1. The number of hydrogen-bond acceptors (Lipinski definition) is 5. The highest BCUT2D eigenvalue weighted by molar-refractivity contribution is 7.14. The fourth-order valence-corrected chi connectivity index (χ4v) is 2.73. The molecule has 2 heterocycles. The molecule has 0 aliphatic carbocycles. The van der Waals surface area contributed by atoms with E-state index in [4.69, 9.17) is 9.15 Å². The zero-order chi connectivity index (χ0) is 15.2. The van der Waals surface area contributed by atoms with Gasteiger partial charge in [-0.3, -0.25) is 4.79 Å². The molecule has 0 unspecified atom stereocenters. The molecule has 0 aliphatic rings. The molecule has 2 rings (SSSR count). The van der Waals surface area contributed by atoms with E-state index < -0.39 is 0 Å². The van der Waals surface area contributed by atoms with Crippen LogP contribution in [0, 0.1) is 13.8 Å². The van der Waals surface area contributed by atoms with Gasteiger partial charge in [-0.1, -0.05) is 0 Å². The predicted molar refractivity (Wildman–Crippen MR) is 83.6 cm³/mol. The van der Waals surface area contributed by atoms with Crippen molar-refractivity contribution in [3.05, 3.63) is 23.0 Å². The Hall–Kier alpha value is -1.66. The zero-order valence-corrected chi connectivity index (χ0v) is 13.4. The lowest BCUT2D eigenvalue weighted by molar-refractivity contribution is -0.116. The Morgan fingerprint density at radius 1 is 1.48 bits per heavy atom. The molecule has 114 valence electrons. The van der Waals surface area contributed by atoms with E-state index in [1.807, 2.05) is 32.2 Å². The molecule has 0 bridgehead atoms. The van der Waals surface area contributed by atoms with E-state index in [-0.39, 0.29) is 5.91 Å². The number of ether oxygens (including phenoxy) is 1. The third-order valence-electron chi connectivity index (χ3n) is 2.96. The summed E-state index contributed by atoms with van der Waals surface area (Å²) in [6, 6.07) is 1.96. The molecule has 0 fully saturated rings. The van der Waals surface area contributed by atoms with Gasteiger partial charge in [0.05, 0.1) is 5.69 Å². The van der Waals surface area contributed by atoms with Gasteiger partial charge in [0.25, 0.3) is 0 Å². The SMILES string of the molecule is CCOCCCC(=O)Nc1nc(-c2cc(C)oc2C)cs1. The first kappa shape index (κ1) is 15.7. The van der Waals surface area contributed by atoms with Gasteiger partial charge in [0.1, 0.15) is 11.5 Å². The highest BCUT2D eigenvalue weighted by atomic mass is 32.1. The van der Waals surface area contributed by atoms with Crippen LogP contribution in [0.3, 0.4) is 0 Å². The van der Waals surface area contributed by atoms with Crippen LogP contribution >= 0.6 is 11.3 Å². The van der Waals surface area contributed by atoms with Gasteiger partial charge in [0.15, 0.2) is 5.13 Å². The second-order valence-corrected chi connectivity index (χ2v) is 5.57. The number of furan rings is 1. The highest BCUT2D eigenvalue weighted by Gasteiger charge is 2.12. The maximum Gasteiger partial charge on any atom is 0.226 e. The number of hydrogen-bond donors (Lipinski definition) is 1. The van der Waals surface area contributed by atoms with Crippen molar-refractivity contribution in [2.45, 2.75) is 33.6 Å². The molecule has 2 aromatic heterocycles. The van der Waals surface area contributed by atoms with Gasteiger partial charge in [0.2, 0.25) is 5.91 Å². The van der Waals surface area contributed by atoms with Crippen molar-refractivity contribution in [3.8, 4) is 11.3 Å². The standard InChI is InChI=1S/C15H20N2O3S/c1-4-19-7-5-6-14(18)17-15-16-13(9-21-15)12-8-10(2)20-11(12)3/h8-9H,4-7H2,1-3H3,(H,16,17,18). The van der Waals surface area contributed by atoms with Crippen LogP contribution in [-0.4, -0.2) is 24.1 Å². The zero-order valence-electron chi connectivity index (χ0n) is 12.6. The molecular formula is C15H20N2O3S. The number of aryl methyl sites for hydroxylation is 2. The fourth-order valence-electron chi connectivity index (χ4n) is 2.00. The maximum atomic E-state index is 11.8. The van der Waals surface area contributed by atoms with Gasteiger partial charge in [-0.15, -0.1) is 11.3 Å². The first-order valence-corrected chi connectivity index (χ1v) is 7.88. The first-order chi connectivity index (χ1) is 10.1. The molecule has 6 heteroatoms. The van der Waals surface area contributed by atoms with E-state index in [1.54, 1.807) is 0 Å². The molecule has 0 radical (unpaired) electrons. The van der Waals surface area contributed by atoms with Gasteiger partial charge in [-0.05, 0) is 33.3 Å². The lowest BCUT2D eigenvalue weighted by Crippen LogP contribution is -2.12. The fraction of sp³-hybridized carbons (Fsp3) is 0.467. The average Bonchev–Trinajstić information content (AvgIpc) is 3.01. The molecule has 0 saturated heterocycles. The quantitative estimate of drug-likeness (QED) is 0.791. The third-order valence-corrected chi connectivity index (χ3v) is 3.72. The van der Waals surface area contributed by atoms with Gasteiger partial charge < -0.3 is 14.5 Å². The van der Waals surface area contributed by atoms with Gasteiger partial charge in [0, 0.05) is 30.6 Å². The average molecular weight is 308 g/mol.